The molecule has 0 spiro atoms. The molecule has 158 valence electrons. The molecule has 7 nitrogen and oxygen atoms in total. The molecular formula is C21H28N2O5S. The summed E-state index contributed by atoms with van der Waals surface area (Å²) in [5.41, 5.74) is 3.02. The molecule has 0 aromatic heterocycles. The Bertz CT molecular complexity index is 989. The number of nitrogens with one attached hydrogen (secondary N) is 1. The molecule has 0 aliphatic rings. The zero-order chi connectivity index (χ0) is 21.8. The van der Waals surface area contributed by atoms with Gasteiger partial charge in [-0.2, -0.15) is 0 Å². The van der Waals surface area contributed by atoms with E-state index in [0.29, 0.717) is 17.2 Å². The fourth-order valence-corrected chi connectivity index (χ4v) is 4.05. The maximum absolute atomic E-state index is 12.7. The number of amides is 1. The molecule has 0 unspecified atom stereocenters. The summed E-state index contributed by atoms with van der Waals surface area (Å²) in [4.78, 5) is 12.7. The van der Waals surface area contributed by atoms with Crippen molar-refractivity contribution in [3.63, 3.8) is 0 Å². The van der Waals surface area contributed by atoms with Crippen molar-refractivity contribution >= 4 is 21.6 Å². The normalized spacial score (nSPS) is 12.2. The molecule has 0 saturated carbocycles. The average molecular weight is 421 g/mol. The first-order valence-corrected chi connectivity index (χ1v) is 11.0. The molecule has 1 N–H and O–H groups in total. The number of nitrogens with zero attached hydrogens (tertiary/aromatic N) is 1. The van der Waals surface area contributed by atoms with E-state index < -0.39 is 22.0 Å². The van der Waals surface area contributed by atoms with Crippen molar-refractivity contribution < 1.29 is 22.7 Å². The van der Waals surface area contributed by atoms with E-state index in [4.69, 9.17) is 9.47 Å². The molecule has 0 aliphatic heterocycles. The molecule has 0 fully saturated rings. The van der Waals surface area contributed by atoms with Gasteiger partial charge >= 0.3 is 0 Å². The number of carbonyl (C=O) groups excluding carboxylic acids is 1. The van der Waals surface area contributed by atoms with Gasteiger partial charge in [-0.15, -0.1) is 0 Å². The molecule has 0 saturated heterocycles. The number of ether oxygens (including phenoxy) is 2. The van der Waals surface area contributed by atoms with Gasteiger partial charge in [-0.3, -0.25) is 9.10 Å². The van der Waals surface area contributed by atoms with Crippen molar-refractivity contribution in [3.05, 3.63) is 53.1 Å². The number of carbonyl (C=O) groups is 1. The van der Waals surface area contributed by atoms with Gasteiger partial charge in [-0.25, -0.2) is 8.42 Å². The van der Waals surface area contributed by atoms with Crippen LogP contribution in [0.15, 0.2) is 36.4 Å². The number of methoxy groups -OCH3 is 2. The summed E-state index contributed by atoms with van der Waals surface area (Å²) in [7, 11) is -0.539. The second kappa shape index (κ2) is 9.17. The van der Waals surface area contributed by atoms with Crippen LogP contribution >= 0.6 is 0 Å². The molecule has 8 heteroatoms. The Labute approximate surface area is 172 Å². The first-order valence-electron chi connectivity index (χ1n) is 9.13. The van der Waals surface area contributed by atoms with E-state index in [1.165, 1.54) is 0 Å². The quantitative estimate of drug-likeness (QED) is 0.710. The fourth-order valence-electron chi connectivity index (χ4n) is 3.14. The molecule has 1 atom stereocenters. The summed E-state index contributed by atoms with van der Waals surface area (Å²) < 4.78 is 36.4. The molecule has 1 amide bonds. The standard InChI is InChI=1S/C21H28N2O5S/c1-14-7-9-19(15(2)11-14)23(29(6,25)26)13-21(24)22-16(3)18-12-17(27-4)8-10-20(18)28-5/h7-12,16H,13H2,1-6H3,(H,22,24)/t16-/m0/s1. The van der Waals surface area contributed by atoms with Gasteiger partial charge in [0.25, 0.3) is 0 Å². The van der Waals surface area contributed by atoms with E-state index in [-0.39, 0.29) is 6.54 Å². The van der Waals surface area contributed by atoms with Crippen LogP contribution < -0.4 is 19.1 Å². The number of benzene rings is 2. The predicted octanol–water partition coefficient (Wildman–Crippen LogP) is 2.96. The van der Waals surface area contributed by atoms with Gasteiger partial charge in [-0.05, 0) is 50.6 Å². The third kappa shape index (κ3) is 5.63. The first kappa shape index (κ1) is 22.5. The maximum atomic E-state index is 12.7. The molecule has 0 aliphatic carbocycles. The smallest absolute Gasteiger partial charge is 0.241 e. The minimum absolute atomic E-state index is 0.320. The summed E-state index contributed by atoms with van der Waals surface area (Å²) in [5, 5.41) is 2.84. The summed E-state index contributed by atoms with van der Waals surface area (Å²) in [6.07, 6.45) is 1.09. The number of hydrogen-bond acceptors (Lipinski definition) is 5. The number of sulfonamides is 1. The van der Waals surface area contributed by atoms with Crippen molar-refractivity contribution in [1.82, 2.24) is 5.32 Å². The van der Waals surface area contributed by atoms with E-state index in [2.05, 4.69) is 5.32 Å². The zero-order valence-corrected chi connectivity index (χ0v) is 18.5. The molecular weight excluding hydrogens is 392 g/mol. The fraction of sp³-hybridized carbons (Fsp3) is 0.381. The number of rotatable bonds is 8. The van der Waals surface area contributed by atoms with Crippen molar-refractivity contribution in [1.29, 1.82) is 0 Å². The Hall–Kier alpha value is -2.74. The van der Waals surface area contributed by atoms with Crippen LogP contribution in [0.2, 0.25) is 0 Å². The lowest BCUT2D eigenvalue weighted by Gasteiger charge is -2.25. The lowest BCUT2D eigenvalue weighted by atomic mass is 10.1. The Morgan fingerprint density at radius 3 is 2.34 bits per heavy atom. The highest BCUT2D eigenvalue weighted by Crippen LogP contribution is 2.29. The van der Waals surface area contributed by atoms with Crippen LogP contribution in [-0.2, 0) is 14.8 Å². The van der Waals surface area contributed by atoms with Gasteiger partial charge in [0.15, 0.2) is 0 Å². The monoisotopic (exact) mass is 420 g/mol. The van der Waals surface area contributed by atoms with Crippen LogP contribution in [0.25, 0.3) is 0 Å². The zero-order valence-electron chi connectivity index (χ0n) is 17.6. The minimum atomic E-state index is -3.64. The van der Waals surface area contributed by atoms with Crippen molar-refractivity contribution in [2.75, 3.05) is 31.3 Å². The number of aryl methyl sites for hydroxylation is 2. The van der Waals surface area contributed by atoms with Crippen LogP contribution in [0.5, 0.6) is 11.5 Å². The highest BCUT2D eigenvalue weighted by atomic mass is 32.2. The number of hydrogen-bond donors (Lipinski definition) is 1. The topological polar surface area (TPSA) is 84.9 Å². The van der Waals surface area contributed by atoms with Crippen molar-refractivity contribution in [3.8, 4) is 11.5 Å². The lowest BCUT2D eigenvalue weighted by Crippen LogP contribution is -2.41. The molecule has 2 aromatic rings. The Balaban J connectivity index is 2.25. The van der Waals surface area contributed by atoms with Crippen LogP contribution in [0, 0.1) is 13.8 Å². The van der Waals surface area contributed by atoms with Gasteiger partial charge in [0.2, 0.25) is 15.9 Å². The third-order valence-corrected chi connectivity index (χ3v) is 5.72. The minimum Gasteiger partial charge on any atom is -0.497 e. The van der Waals surface area contributed by atoms with Gasteiger partial charge < -0.3 is 14.8 Å². The van der Waals surface area contributed by atoms with Gasteiger partial charge in [-0.1, -0.05) is 17.7 Å². The molecule has 0 bridgehead atoms. The van der Waals surface area contributed by atoms with E-state index in [9.17, 15) is 13.2 Å². The van der Waals surface area contributed by atoms with Gasteiger partial charge in [0.05, 0.1) is 32.2 Å². The molecule has 0 radical (unpaired) electrons. The molecule has 0 heterocycles. The van der Waals surface area contributed by atoms with Gasteiger partial charge in [0.1, 0.15) is 18.0 Å². The summed E-state index contributed by atoms with van der Waals surface area (Å²) in [5.74, 6) is 0.815. The SMILES string of the molecule is COc1ccc(OC)c([C@H](C)NC(=O)CN(c2ccc(C)cc2C)S(C)(=O)=O)c1. The summed E-state index contributed by atoms with van der Waals surface area (Å²) in [6.45, 7) is 5.23. The molecule has 29 heavy (non-hydrogen) atoms. The van der Waals surface area contributed by atoms with Crippen molar-refractivity contribution in [2.24, 2.45) is 0 Å². The van der Waals surface area contributed by atoms with E-state index in [1.807, 2.05) is 26.0 Å². The van der Waals surface area contributed by atoms with E-state index in [1.54, 1.807) is 45.4 Å². The Morgan fingerprint density at radius 2 is 1.79 bits per heavy atom. The Kier molecular flexibility index (Phi) is 7.13. The van der Waals surface area contributed by atoms with Crippen molar-refractivity contribution in [2.45, 2.75) is 26.8 Å². The molecule has 2 rings (SSSR count). The highest BCUT2D eigenvalue weighted by molar-refractivity contribution is 7.92. The number of anilines is 1. The second-order valence-electron chi connectivity index (χ2n) is 6.96. The summed E-state index contributed by atoms with van der Waals surface area (Å²) >= 11 is 0. The maximum Gasteiger partial charge on any atom is 0.241 e. The first-order chi connectivity index (χ1) is 13.6. The Morgan fingerprint density at radius 1 is 1.10 bits per heavy atom. The lowest BCUT2D eigenvalue weighted by molar-refractivity contribution is -0.120. The van der Waals surface area contributed by atoms with E-state index in [0.717, 1.165) is 27.3 Å². The third-order valence-electron chi connectivity index (χ3n) is 4.59. The van der Waals surface area contributed by atoms with Gasteiger partial charge in [0, 0.05) is 5.56 Å². The summed E-state index contributed by atoms with van der Waals surface area (Å²) in [6, 6.07) is 10.3. The van der Waals surface area contributed by atoms with E-state index >= 15 is 0 Å². The van der Waals surface area contributed by atoms with Crippen LogP contribution in [0.1, 0.15) is 29.7 Å². The van der Waals surface area contributed by atoms with Crippen LogP contribution in [-0.4, -0.2) is 41.3 Å². The second-order valence-corrected chi connectivity index (χ2v) is 8.86. The van der Waals surface area contributed by atoms with Crippen LogP contribution in [0.4, 0.5) is 5.69 Å². The predicted molar refractivity (Wildman–Crippen MR) is 114 cm³/mol. The molecule has 2 aromatic carbocycles. The largest absolute Gasteiger partial charge is 0.497 e. The van der Waals surface area contributed by atoms with Crippen LogP contribution in [0.3, 0.4) is 0 Å². The highest BCUT2D eigenvalue weighted by Gasteiger charge is 2.24. The average Bonchev–Trinajstić information content (AvgIpc) is 2.65.